The highest BCUT2D eigenvalue weighted by Crippen LogP contribution is 2.32. The molecule has 0 aliphatic heterocycles. The Morgan fingerprint density at radius 1 is 1.04 bits per heavy atom. The predicted molar refractivity (Wildman–Crippen MR) is 102 cm³/mol. The lowest BCUT2D eigenvalue weighted by Crippen LogP contribution is -2.08. The highest BCUT2D eigenvalue weighted by atomic mass is 35.5. The third-order valence-corrected chi connectivity index (χ3v) is 4.63. The van der Waals surface area contributed by atoms with E-state index in [0.29, 0.717) is 33.5 Å². The van der Waals surface area contributed by atoms with Crippen LogP contribution in [0.2, 0.25) is 10.0 Å². The molecule has 1 aromatic carbocycles. The van der Waals surface area contributed by atoms with Crippen LogP contribution in [0.15, 0.2) is 48.8 Å². The lowest BCUT2D eigenvalue weighted by molar-refractivity contribution is 1.06. The summed E-state index contributed by atoms with van der Waals surface area (Å²) in [5, 5.41) is 7.52. The molecule has 0 radical (unpaired) electrons. The average molecular weight is 372 g/mol. The van der Waals surface area contributed by atoms with Crippen LogP contribution in [0.5, 0.6) is 0 Å². The Balaban J connectivity index is 1.71. The second-order valence-corrected chi connectivity index (χ2v) is 6.63. The topological polar surface area (TPSA) is 62.7 Å². The molecule has 0 amide bonds. The van der Waals surface area contributed by atoms with Crippen molar-refractivity contribution in [2.24, 2.45) is 0 Å². The molecule has 5 nitrogen and oxygen atoms in total. The molecule has 1 aliphatic carbocycles. The van der Waals surface area contributed by atoms with Crippen LogP contribution in [0.4, 0.5) is 17.5 Å². The molecule has 25 heavy (non-hydrogen) atoms. The van der Waals surface area contributed by atoms with Gasteiger partial charge in [-0.05, 0) is 37.1 Å². The van der Waals surface area contributed by atoms with Crippen LogP contribution in [-0.4, -0.2) is 21.0 Å². The van der Waals surface area contributed by atoms with Gasteiger partial charge in [0.05, 0.1) is 21.4 Å². The first kappa shape index (κ1) is 16.1. The average Bonchev–Trinajstić information content (AvgIpc) is 3.43. The summed E-state index contributed by atoms with van der Waals surface area (Å²) in [4.78, 5) is 13.3. The van der Waals surface area contributed by atoms with Crippen LogP contribution in [-0.2, 0) is 0 Å². The number of hydrogen-bond acceptors (Lipinski definition) is 5. The summed E-state index contributed by atoms with van der Waals surface area (Å²) in [6, 6.07) is 11.6. The van der Waals surface area contributed by atoms with E-state index in [0.717, 1.165) is 24.1 Å². The zero-order chi connectivity index (χ0) is 17.2. The van der Waals surface area contributed by atoms with Crippen molar-refractivity contribution in [3.8, 4) is 11.3 Å². The molecule has 1 fully saturated rings. The summed E-state index contributed by atoms with van der Waals surface area (Å²) in [5.41, 5.74) is 2.40. The minimum atomic E-state index is 0.451. The standard InChI is InChI=1S/C18H15Cl2N5/c19-13-4-1-5-14(17(13)20)23-16-9-15(11-3-2-8-21-10-11)24-18(25-16)22-12-6-7-12/h1-5,8-10,12H,6-7H2,(H2,22,23,24,25). The molecule has 1 saturated carbocycles. The van der Waals surface area contributed by atoms with Gasteiger partial charge in [-0.1, -0.05) is 29.3 Å². The third kappa shape index (κ3) is 3.83. The van der Waals surface area contributed by atoms with Crippen LogP contribution in [0, 0.1) is 0 Å². The molecule has 2 aromatic heterocycles. The highest BCUT2D eigenvalue weighted by molar-refractivity contribution is 6.43. The first-order valence-electron chi connectivity index (χ1n) is 7.96. The van der Waals surface area contributed by atoms with E-state index in [2.05, 4.69) is 25.6 Å². The Morgan fingerprint density at radius 3 is 2.68 bits per heavy atom. The minimum absolute atomic E-state index is 0.451. The summed E-state index contributed by atoms with van der Waals surface area (Å²) >= 11 is 12.4. The lowest BCUT2D eigenvalue weighted by Gasteiger charge is -2.12. The van der Waals surface area contributed by atoms with E-state index in [1.54, 1.807) is 18.5 Å². The van der Waals surface area contributed by atoms with Gasteiger partial charge in [0.1, 0.15) is 5.82 Å². The number of halogens is 2. The SMILES string of the molecule is Clc1cccc(Nc2cc(-c3cccnc3)nc(NC3CC3)n2)c1Cl. The number of anilines is 3. The summed E-state index contributed by atoms with van der Waals surface area (Å²) in [6.45, 7) is 0. The Bertz CT molecular complexity index is 897. The predicted octanol–water partition coefficient (Wildman–Crippen LogP) is 5.16. The molecule has 2 N–H and O–H groups in total. The van der Waals surface area contributed by atoms with Crippen molar-refractivity contribution >= 4 is 40.7 Å². The second kappa shape index (κ2) is 6.86. The smallest absolute Gasteiger partial charge is 0.225 e. The molecule has 1 aliphatic rings. The quantitative estimate of drug-likeness (QED) is 0.648. The molecule has 0 spiro atoms. The fourth-order valence-corrected chi connectivity index (χ4v) is 2.73. The molecule has 0 bridgehead atoms. The van der Waals surface area contributed by atoms with Crippen LogP contribution in [0.1, 0.15) is 12.8 Å². The van der Waals surface area contributed by atoms with Gasteiger partial charge in [0.15, 0.2) is 0 Å². The van der Waals surface area contributed by atoms with Crippen molar-refractivity contribution in [1.29, 1.82) is 0 Å². The maximum Gasteiger partial charge on any atom is 0.225 e. The number of pyridine rings is 1. The highest BCUT2D eigenvalue weighted by Gasteiger charge is 2.22. The van der Waals surface area contributed by atoms with Gasteiger partial charge in [0, 0.05) is 30.1 Å². The van der Waals surface area contributed by atoms with Gasteiger partial charge in [-0.25, -0.2) is 4.98 Å². The van der Waals surface area contributed by atoms with E-state index < -0.39 is 0 Å². The van der Waals surface area contributed by atoms with Gasteiger partial charge in [-0.15, -0.1) is 0 Å². The molecule has 0 saturated heterocycles. The maximum atomic E-state index is 6.27. The van der Waals surface area contributed by atoms with Crippen molar-refractivity contribution in [1.82, 2.24) is 15.0 Å². The summed E-state index contributed by atoms with van der Waals surface area (Å²) < 4.78 is 0. The Morgan fingerprint density at radius 2 is 1.92 bits per heavy atom. The molecule has 4 rings (SSSR count). The van der Waals surface area contributed by atoms with Crippen LogP contribution in [0.3, 0.4) is 0 Å². The number of nitrogens with one attached hydrogen (secondary N) is 2. The fraction of sp³-hybridized carbons (Fsp3) is 0.167. The van der Waals surface area contributed by atoms with Crippen molar-refractivity contribution in [3.63, 3.8) is 0 Å². The van der Waals surface area contributed by atoms with Crippen LogP contribution < -0.4 is 10.6 Å². The largest absolute Gasteiger partial charge is 0.351 e. The van der Waals surface area contributed by atoms with E-state index in [1.165, 1.54) is 0 Å². The normalized spacial score (nSPS) is 13.5. The van der Waals surface area contributed by atoms with Crippen LogP contribution in [0.25, 0.3) is 11.3 Å². The Hall–Kier alpha value is -2.37. The zero-order valence-electron chi connectivity index (χ0n) is 13.2. The number of hydrogen-bond donors (Lipinski definition) is 2. The van der Waals surface area contributed by atoms with Crippen molar-refractivity contribution in [3.05, 3.63) is 58.8 Å². The van der Waals surface area contributed by atoms with E-state index in [9.17, 15) is 0 Å². The maximum absolute atomic E-state index is 6.27. The number of rotatable bonds is 5. The summed E-state index contributed by atoms with van der Waals surface area (Å²) in [5.74, 6) is 1.23. The van der Waals surface area contributed by atoms with Crippen molar-refractivity contribution < 1.29 is 0 Å². The second-order valence-electron chi connectivity index (χ2n) is 5.85. The molecule has 7 heteroatoms. The molecule has 2 heterocycles. The van der Waals surface area contributed by atoms with Crippen molar-refractivity contribution in [2.45, 2.75) is 18.9 Å². The lowest BCUT2D eigenvalue weighted by atomic mass is 10.2. The summed E-state index contributed by atoms with van der Waals surface area (Å²) in [6.07, 6.45) is 5.80. The van der Waals surface area contributed by atoms with Crippen molar-refractivity contribution in [2.75, 3.05) is 10.6 Å². The molecular formula is C18H15Cl2N5. The number of nitrogens with zero attached hydrogens (tertiary/aromatic N) is 3. The van der Waals surface area contributed by atoms with E-state index in [4.69, 9.17) is 23.2 Å². The summed E-state index contributed by atoms with van der Waals surface area (Å²) in [7, 11) is 0. The molecular weight excluding hydrogens is 357 g/mol. The molecule has 3 aromatic rings. The van der Waals surface area contributed by atoms with Gasteiger partial charge in [0.2, 0.25) is 5.95 Å². The van der Waals surface area contributed by atoms with Crippen LogP contribution >= 0.6 is 23.2 Å². The Labute approximate surface area is 155 Å². The first-order valence-corrected chi connectivity index (χ1v) is 8.72. The van der Waals surface area contributed by atoms with Gasteiger partial charge < -0.3 is 10.6 Å². The number of aromatic nitrogens is 3. The first-order chi connectivity index (χ1) is 12.2. The minimum Gasteiger partial charge on any atom is -0.351 e. The Kier molecular flexibility index (Phi) is 4.42. The molecule has 0 unspecified atom stereocenters. The van der Waals surface area contributed by atoms with E-state index in [1.807, 2.05) is 30.3 Å². The number of benzene rings is 1. The van der Waals surface area contributed by atoms with E-state index in [-0.39, 0.29) is 0 Å². The fourth-order valence-electron chi connectivity index (χ4n) is 2.39. The van der Waals surface area contributed by atoms with Gasteiger partial charge in [-0.2, -0.15) is 4.98 Å². The van der Waals surface area contributed by atoms with Gasteiger partial charge in [-0.3, -0.25) is 4.98 Å². The zero-order valence-corrected chi connectivity index (χ0v) is 14.7. The monoisotopic (exact) mass is 371 g/mol. The van der Waals surface area contributed by atoms with Gasteiger partial charge in [0.25, 0.3) is 0 Å². The van der Waals surface area contributed by atoms with Gasteiger partial charge >= 0.3 is 0 Å². The molecule has 126 valence electrons. The molecule has 0 atom stereocenters. The third-order valence-electron chi connectivity index (χ3n) is 3.81. The van der Waals surface area contributed by atoms with E-state index >= 15 is 0 Å².